The van der Waals surface area contributed by atoms with E-state index in [0.717, 1.165) is 56.8 Å². The molecule has 1 aromatic carbocycles. The first kappa shape index (κ1) is 19.1. The average Bonchev–Trinajstić information content (AvgIpc) is 3.48. The Hall–Kier alpha value is -2.92. The zero-order valence-electron chi connectivity index (χ0n) is 16.6. The van der Waals surface area contributed by atoms with Gasteiger partial charge < -0.3 is 20.7 Å². The van der Waals surface area contributed by atoms with Gasteiger partial charge in [-0.25, -0.2) is 13.1 Å². The molecule has 158 valence electrons. The lowest BCUT2D eigenvalue weighted by Gasteiger charge is -2.28. The fourth-order valence-electron chi connectivity index (χ4n) is 3.63. The van der Waals surface area contributed by atoms with Crippen molar-refractivity contribution in [3.05, 3.63) is 24.3 Å². The van der Waals surface area contributed by atoms with Gasteiger partial charge in [0.1, 0.15) is 11.2 Å². The molecule has 10 nitrogen and oxygen atoms in total. The van der Waals surface area contributed by atoms with Crippen LogP contribution in [0, 0.1) is 0 Å². The van der Waals surface area contributed by atoms with Gasteiger partial charge in [0, 0.05) is 30.7 Å². The highest BCUT2D eigenvalue weighted by Crippen LogP contribution is 2.39. The number of hydrogen-bond donors (Lipinski definition) is 2. The molecule has 1 saturated heterocycles. The molecule has 0 radical (unpaired) electrons. The van der Waals surface area contributed by atoms with Crippen LogP contribution in [0.1, 0.15) is 18.9 Å². The summed E-state index contributed by atoms with van der Waals surface area (Å²) in [6, 6.07) is 8.12. The minimum atomic E-state index is -3.55. The highest BCUT2D eigenvalue weighted by Gasteiger charge is 2.32. The normalized spacial score (nSPS) is 17.4. The maximum absolute atomic E-state index is 12.2. The van der Waals surface area contributed by atoms with Crippen LogP contribution < -0.4 is 16.0 Å². The first-order valence-corrected chi connectivity index (χ1v) is 11.7. The molecule has 0 bridgehead atoms. The van der Waals surface area contributed by atoms with E-state index in [1.165, 1.54) is 0 Å². The third-order valence-corrected chi connectivity index (χ3v) is 6.28. The number of nitrogens with one attached hydrogen (secondary N) is 1. The second-order valence-corrected chi connectivity index (χ2v) is 9.59. The predicted octanol–water partition coefficient (Wildman–Crippen LogP) is 1.73. The molecular formula is C19H23N7O3S. The fraction of sp³-hybridized carbons (Fsp3) is 0.421. The standard InChI is InChI=1S/C19H23N7O3S/c1-30(27,28)18-15-16(20)22-19(23-17(15)26(24-18)14-6-7-14)21-12-2-4-13(5-3-12)25-8-10-29-11-9-25/h2-5,14H,6-11H2,1H3,(H3,20,21,22,23). The summed E-state index contributed by atoms with van der Waals surface area (Å²) in [6.45, 7) is 3.21. The summed E-state index contributed by atoms with van der Waals surface area (Å²) >= 11 is 0. The van der Waals surface area contributed by atoms with Crippen LogP contribution in [0.4, 0.5) is 23.1 Å². The Labute approximate surface area is 174 Å². The van der Waals surface area contributed by atoms with Crippen LogP contribution in [0.3, 0.4) is 0 Å². The van der Waals surface area contributed by atoms with Crippen molar-refractivity contribution in [2.75, 3.05) is 48.5 Å². The van der Waals surface area contributed by atoms with Crippen LogP contribution in [-0.2, 0) is 14.6 Å². The monoisotopic (exact) mass is 429 g/mol. The molecule has 3 N–H and O–H groups in total. The topological polar surface area (TPSA) is 128 Å². The van der Waals surface area contributed by atoms with Gasteiger partial charge in [-0.2, -0.15) is 15.1 Å². The van der Waals surface area contributed by atoms with Gasteiger partial charge in [0.25, 0.3) is 0 Å². The summed E-state index contributed by atoms with van der Waals surface area (Å²) in [5.74, 6) is 0.403. The first-order valence-electron chi connectivity index (χ1n) is 9.86. The van der Waals surface area contributed by atoms with Crippen LogP contribution in [0.15, 0.2) is 29.3 Å². The molecule has 0 atom stereocenters. The summed E-state index contributed by atoms with van der Waals surface area (Å²) < 4.78 is 31.4. The van der Waals surface area contributed by atoms with Crippen molar-refractivity contribution >= 4 is 44.0 Å². The summed E-state index contributed by atoms with van der Waals surface area (Å²) in [5.41, 5.74) is 8.52. The van der Waals surface area contributed by atoms with Crippen molar-refractivity contribution in [2.24, 2.45) is 0 Å². The lowest BCUT2D eigenvalue weighted by Crippen LogP contribution is -2.36. The summed E-state index contributed by atoms with van der Waals surface area (Å²) in [5, 5.41) is 7.69. The quantitative estimate of drug-likeness (QED) is 0.623. The molecule has 3 aromatic rings. The smallest absolute Gasteiger partial charge is 0.231 e. The van der Waals surface area contributed by atoms with Crippen molar-refractivity contribution < 1.29 is 13.2 Å². The van der Waals surface area contributed by atoms with Crippen molar-refractivity contribution in [1.82, 2.24) is 19.7 Å². The number of morpholine rings is 1. The van der Waals surface area contributed by atoms with Gasteiger partial charge in [-0.1, -0.05) is 0 Å². The molecule has 2 aliphatic rings. The predicted molar refractivity (Wildman–Crippen MR) is 114 cm³/mol. The number of sulfone groups is 1. The van der Waals surface area contributed by atoms with Crippen molar-refractivity contribution in [3.8, 4) is 0 Å². The highest BCUT2D eigenvalue weighted by atomic mass is 32.2. The van der Waals surface area contributed by atoms with E-state index in [-0.39, 0.29) is 22.3 Å². The van der Waals surface area contributed by atoms with Gasteiger partial charge in [-0.3, -0.25) is 0 Å². The zero-order valence-corrected chi connectivity index (χ0v) is 17.4. The molecule has 1 saturated carbocycles. The molecule has 2 aromatic heterocycles. The molecular weight excluding hydrogens is 406 g/mol. The number of rotatable bonds is 5. The molecule has 0 amide bonds. The second-order valence-electron chi connectivity index (χ2n) is 7.66. The average molecular weight is 430 g/mol. The van der Waals surface area contributed by atoms with Crippen LogP contribution >= 0.6 is 0 Å². The van der Waals surface area contributed by atoms with E-state index in [1.54, 1.807) is 4.68 Å². The van der Waals surface area contributed by atoms with Crippen molar-refractivity contribution in [3.63, 3.8) is 0 Å². The molecule has 3 heterocycles. The molecule has 1 aliphatic heterocycles. The number of aromatic nitrogens is 4. The molecule has 2 fully saturated rings. The Balaban J connectivity index is 1.47. The van der Waals surface area contributed by atoms with Crippen LogP contribution in [0.25, 0.3) is 11.0 Å². The first-order chi connectivity index (χ1) is 14.4. The van der Waals surface area contributed by atoms with E-state index in [4.69, 9.17) is 10.5 Å². The number of nitrogens with two attached hydrogens (primary N) is 1. The van der Waals surface area contributed by atoms with Crippen molar-refractivity contribution in [1.29, 1.82) is 0 Å². The summed E-state index contributed by atoms with van der Waals surface area (Å²) in [6.07, 6.45) is 3.00. The van der Waals surface area contributed by atoms with Gasteiger partial charge in [0.2, 0.25) is 5.95 Å². The summed E-state index contributed by atoms with van der Waals surface area (Å²) in [4.78, 5) is 11.1. The molecule has 1 aliphatic carbocycles. The Kier molecular flexibility index (Phi) is 4.51. The number of nitrogen functional groups attached to an aromatic ring is 1. The lowest BCUT2D eigenvalue weighted by molar-refractivity contribution is 0.122. The third kappa shape index (κ3) is 3.54. The van der Waals surface area contributed by atoms with E-state index in [0.29, 0.717) is 11.6 Å². The van der Waals surface area contributed by atoms with Gasteiger partial charge >= 0.3 is 0 Å². The number of ether oxygens (including phenoxy) is 1. The van der Waals surface area contributed by atoms with Crippen LogP contribution in [0.5, 0.6) is 0 Å². The molecule has 0 unspecified atom stereocenters. The largest absolute Gasteiger partial charge is 0.383 e. The van der Waals surface area contributed by atoms with Crippen LogP contribution in [0.2, 0.25) is 0 Å². The number of hydrogen-bond acceptors (Lipinski definition) is 9. The Morgan fingerprint density at radius 2 is 1.83 bits per heavy atom. The van der Waals surface area contributed by atoms with Gasteiger partial charge in [-0.05, 0) is 37.1 Å². The minimum absolute atomic E-state index is 0.0664. The Morgan fingerprint density at radius 1 is 1.13 bits per heavy atom. The Morgan fingerprint density at radius 3 is 2.47 bits per heavy atom. The SMILES string of the molecule is CS(=O)(=O)c1nn(C2CC2)c2nc(Nc3ccc(N4CCOCC4)cc3)nc(N)c12. The molecule has 0 spiro atoms. The van der Waals surface area contributed by atoms with Gasteiger partial charge in [0.15, 0.2) is 20.5 Å². The van der Waals surface area contributed by atoms with E-state index < -0.39 is 9.84 Å². The third-order valence-electron chi connectivity index (χ3n) is 5.29. The number of fused-ring (bicyclic) bond motifs is 1. The fourth-order valence-corrected chi connectivity index (χ4v) is 4.43. The maximum atomic E-state index is 12.2. The summed E-state index contributed by atoms with van der Waals surface area (Å²) in [7, 11) is -3.55. The van der Waals surface area contributed by atoms with Gasteiger partial charge in [-0.15, -0.1) is 0 Å². The highest BCUT2D eigenvalue weighted by molar-refractivity contribution is 7.90. The van der Waals surface area contributed by atoms with Gasteiger partial charge in [0.05, 0.1) is 19.3 Å². The van der Waals surface area contributed by atoms with E-state index >= 15 is 0 Å². The number of nitrogens with zero attached hydrogens (tertiary/aromatic N) is 5. The molecule has 30 heavy (non-hydrogen) atoms. The second kappa shape index (κ2) is 7.10. The van der Waals surface area contributed by atoms with E-state index in [2.05, 4.69) is 25.3 Å². The van der Waals surface area contributed by atoms with Crippen LogP contribution in [-0.4, -0.2) is 60.7 Å². The minimum Gasteiger partial charge on any atom is -0.383 e. The van der Waals surface area contributed by atoms with E-state index in [9.17, 15) is 8.42 Å². The van der Waals surface area contributed by atoms with Crippen molar-refractivity contribution in [2.45, 2.75) is 23.9 Å². The lowest BCUT2D eigenvalue weighted by atomic mass is 10.2. The molecule has 5 rings (SSSR count). The van der Waals surface area contributed by atoms with E-state index in [1.807, 2.05) is 24.3 Å². The number of benzene rings is 1. The zero-order chi connectivity index (χ0) is 20.9. The molecule has 11 heteroatoms. The maximum Gasteiger partial charge on any atom is 0.231 e. The Bertz CT molecular complexity index is 1200. The number of anilines is 4.